The average molecular weight is 295 g/mol. The van der Waals surface area contributed by atoms with Crippen LogP contribution in [0.2, 0.25) is 0 Å². The molecule has 20 heavy (non-hydrogen) atoms. The van der Waals surface area contributed by atoms with E-state index in [1.54, 1.807) is 7.11 Å². The number of hydrogen-bond acceptors (Lipinski definition) is 3. The molecule has 2 atom stereocenters. The second-order valence-corrected chi connectivity index (χ2v) is 8.42. The Hall–Kier alpha value is -0.870. The number of ether oxygens (including phenoxy) is 1. The highest BCUT2D eigenvalue weighted by molar-refractivity contribution is 7.86. The quantitative estimate of drug-likeness (QED) is 0.855. The van der Waals surface area contributed by atoms with Crippen molar-refractivity contribution in [3.63, 3.8) is 0 Å². The van der Waals surface area contributed by atoms with Crippen molar-refractivity contribution >= 4 is 10.8 Å². The first-order chi connectivity index (χ1) is 9.42. The summed E-state index contributed by atoms with van der Waals surface area (Å²) in [5.41, 5.74) is 1.33. The summed E-state index contributed by atoms with van der Waals surface area (Å²) in [7, 11) is 0.996. The third-order valence-electron chi connectivity index (χ3n) is 4.03. The van der Waals surface area contributed by atoms with E-state index in [9.17, 15) is 4.21 Å². The van der Waals surface area contributed by atoms with E-state index >= 15 is 0 Å². The SMILES string of the molecule is COc1ccc([C@@H](C)CN2CC[S@@](=O)C(C)(C)C2)cc1. The third-order valence-corrected chi connectivity index (χ3v) is 5.95. The van der Waals surface area contributed by atoms with Gasteiger partial charge in [-0.15, -0.1) is 0 Å². The summed E-state index contributed by atoms with van der Waals surface area (Å²) in [6.45, 7) is 9.34. The summed E-state index contributed by atoms with van der Waals surface area (Å²) < 4.78 is 17.1. The van der Waals surface area contributed by atoms with E-state index in [0.717, 1.165) is 31.1 Å². The number of methoxy groups -OCH3 is 1. The molecule has 1 heterocycles. The zero-order valence-corrected chi connectivity index (χ0v) is 13.7. The minimum Gasteiger partial charge on any atom is -0.497 e. The molecule has 0 spiro atoms. The van der Waals surface area contributed by atoms with Gasteiger partial charge < -0.3 is 9.64 Å². The Kier molecular flexibility index (Phi) is 4.86. The van der Waals surface area contributed by atoms with Crippen LogP contribution in [0.25, 0.3) is 0 Å². The van der Waals surface area contributed by atoms with Gasteiger partial charge in [0, 0.05) is 36.2 Å². The van der Waals surface area contributed by atoms with Crippen molar-refractivity contribution in [1.29, 1.82) is 0 Å². The molecule has 2 rings (SSSR count). The molecule has 3 nitrogen and oxygen atoms in total. The molecular weight excluding hydrogens is 270 g/mol. The Morgan fingerprint density at radius 3 is 2.55 bits per heavy atom. The van der Waals surface area contributed by atoms with Crippen LogP contribution in [0.5, 0.6) is 5.75 Å². The highest BCUT2D eigenvalue weighted by Crippen LogP contribution is 2.24. The number of benzene rings is 1. The standard InChI is InChI=1S/C16H25NO2S/c1-13(14-5-7-15(19-4)8-6-14)11-17-9-10-20(18)16(2,3)12-17/h5-8,13H,9-12H2,1-4H3/t13-,20+/m0/s1. The lowest BCUT2D eigenvalue weighted by atomic mass is 10.00. The largest absolute Gasteiger partial charge is 0.497 e. The predicted molar refractivity (Wildman–Crippen MR) is 84.9 cm³/mol. The van der Waals surface area contributed by atoms with Crippen LogP contribution in [0.15, 0.2) is 24.3 Å². The van der Waals surface area contributed by atoms with Gasteiger partial charge in [-0.1, -0.05) is 19.1 Å². The Morgan fingerprint density at radius 2 is 2.00 bits per heavy atom. The van der Waals surface area contributed by atoms with Gasteiger partial charge in [0.1, 0.15) is 5.75 Å². The van der Waals surface area contributed by atoms with Crippen LogP contribution in [-0.2, 0) is 10.8 Å². The lowest BCUT2D eigenvalue weighted by Crippen LogP contribution is -2.50. The molecule has 112 valence electrons. The maximum atomic E-state index is 12.0. The summed E-state index contributed by atoms with van der Waals surface area (Å²) in [5.74, 6) is 2.17. The zero-order valence-electron chi connectivity index (χ0n) is 12.9. The van der Waals surface area contributed by atoms with Crippen molar-refractivity contribution in [2.45, 2.75) is 31.4 Å². The van der Waals surface area contributed by atoms with Crippen LogP contribution in [0.3, 0.4) is 0 Å². The number of rotatable bonds is 4. The van der Waals surface area contributed by atoms with Crippen LogP contribution in [-0.4, -0.2) is 46.4 Å². The number of hydrogen-bond donors (Lipinski definition) is 0. The fraction of sp³-hybridized carbons (Fsp3) is 0.625. The van der Waals surface area contributed by atoms with Crippen molar-refractivity contribution in [1.82, 2.24) is 4.90 Å². The molecule has 4 heteroatoms. The highest BCUT2D eigenvalue weighted by Gasteiger charge is 2.33. The lowest BCUT2D eigenvalue weighted by molar-refractivity contribution is 0.244. The molecule has 0 unspecified atom stereocenters. The molecule has 0 saturated carbocycles. The van der Waals surface area contributed by atoms with Crippen molar-refractivity contribution < 1.29 is 8.95 Å². The van der Waals surface area contributed by atoms with Crippen molar-refractivity contribution in [2.24, 2.45) is 0 Å². The minimum absolute atomic E-state index is 0.0854. The van der Waals surface area contributed by atoms with Crippen molar-refractivity contribution in [2.75, 3.05) is 32.5 Å². The van der Waals surface area contributed by atoms with Gasteiger partial charge in [0.25, 0.3) is 0 Å². The highest BCUT2D eigenvalue weighted by atomic mass is 32.2. The molecule has 1 aromatic carbocycles. The van der Waals surface area contributed by atoms with Crippen LogP contribution >= 0.6 is 0 Å². The Balaban J connectivity index is 1.97. The van der Waals surface area contributed by atoms with Crippen LogP contribution < -0.4 is 4.74 Å². The summed E-state index contributed by atoms with van der Waals surface area (Å²) in [6.07, 6.45) is 0. The first kappa shape index (κ1) is 15.5. The van der Waals surface area contributed by atoms with Crippen molar-refractivity contribution in [3.8, 4) is 5.75 Å². The lowest BCUT2D eigenvalue weighted by Gasteiger charge is -2.38. The summed E-state index contributed by atoms with van der Waals surface area (Å²) >= 11 is 0. The first-order valence-corrected chi connectivity index (χ1v) is 8.49. The predicted octanol–water partition coefficient (Wildman–Crippen LogP) is 2.64. The van der Waals surface area contributed by atoms with Gasteiger partial charge in [0.2, 0.25) is 0 Å². The topological polar surface area (TPSA) is 29.5 Å². The molecule has 0 N–H and O–H groups in total. The Labute approximate surface area is 124 Å². The zero-order chi connectivity index (χ0) is 14.8. The van der Waals surface area contributed by atoms with Gasteiger partial charge in [-0.25, -0.2) is 0 Å². The second-order valence-electron chi connectivity index (χ2n) is 6.22. The van der Waals surface area contributed by atoms with E-state index in [1.165, 1.54) is 5.56 Å². The van der Waals surface area contributed by atoms with E-state index in [-0.39, 0.29) is 4.75 Å². The van der Waals surface area contributed by atoms with E-state index < -0.39 is 10.8 Å². The molecular formula is C16H25NO2S. The Morgan fingerprint density at radius 1 is 1.35 bits per heavy atom. The molecule has 1 fully saturated rings. The molecule has 0 aliphatic carbocycles. The summed E-state index contributed by atoms with van der Waals surface area (Å²) in [4.78, 5) is 2.44. The Bertz CT molecular complexity index is 470. The monoisotopic (exact) mass is 295 g/mol. The second kappa shape index (κ2) is 6.27. The third kappa shape index (κ3) is 3.61. The van der Waals surface area contributed by atoms with Gasteiger partial charge in [-0.3, -0.25) is 4.21 Å². The number of nitrogens with zero attached hydrogens (tertiary/aromatic N) is 1. The molecule has 1 aromatic rings. The molecule has 1 aliphatic rings. The molecule has 0 bridgehead atoms. The van der Waals surface area contributed by atoms with E-state index in [0.29, 0.717) is 5.92 Å². The van der Waals surface area contributed by atoms with Gasteiger partial charge in [0.15, 0.2) is 0 Å². The fourth-order valence-corrected chi connectivity index (χ4v) is 4.06. The minimum atomic E-state index is -0.693. The molecule has 1 aliphatic heterocycles. The van der Waals surface area contributed by atoms with E-state index in [1.807, 2.05) is 12.1 Å². The van der Waals surface area contributed by atoms with Crippen LogP contribution in [0.1, 0.15) is 32.3 Å². The van der Waals surface area contributed by atoms with Gasteiger partial charge >= 0.3 is 0 Å². The normalized spacial score (nSPS) is 24.3. The summed E-state index contributed by atoms with van der Waals surface area (Å²) in [5, 5.41) is 0. The van der Waals surface area contributed by atoms with Crippen molar-refractivity contribution in [3.05, 3.63) is 29.8 Å². The molecule has 0 radical (unpaired) electrons. The van der Waals surface area contributed by atoms with Gasteiger partial charge in [0.05, 0.1) is 11.9 Å². The van der Waals surface area contributed by atoms with Gasteiger partial charge in [-0.2, -0.15) is 0 Å². The maximum Gasteiger partial charge on any atom is 0.118 e. The van der Waals surface area contributed by atoms with Crippen LogP contribution in [0, 0.1) is 0 Å². The molecule has 0 amide bonds. The average Bonchev–Trinajstić information content (AvgIpc) is 2.42. The van der Waals surface area contributed by atoms with E-state index in [4.69, 9.17) is 4.74 Å². The van der Waals surface area contributed by atoms with Gasteiger partial charge in [-0.05, 0) is 37.5 Å². The smallest absolute Gasteiger partial charge is 0.118 e. The molecule has 1 saturated heterocycles. The molecule has 0 aromatic heterocycles. The summed E-state index contributed by atoms with van der Waals surface area (Å²) in [6, 6.07) is 8.30. The van der Waals surface area contributed by atoms with Crippen LogP contribution in [0.4, 0.5) is 0 Å². The fourth-order valence-electron chi connectivity index (χ4n) is 2.76. The maximum absolute atomic E-state index is 12.0. The first-order valence-electron chi connectivity index (χ1n) is 7.17. The van der Waals surface area contributed by atoms with E-state index in [2.05, 4.69) is 37.8 Å².